The van der Waals surface area contributed by atoms with E-state index in [1.165, 1.54) is 16.5 Å². The third-order valence-corrected chi connectivity index (χ3v) is 3.96. The molecule has 0 saturated heterocycles. The van der Waals surface area contributed by atoms with Crippen molar-refractivity contribution in [3.63, 3.8) is 0 Å². The summed E-state index contributed by atoms with van der Waals surface area (Å²) >= 11 is 1.63. The van der Waals surface area contributed by atoms with Gasteiger partial charge in [-0.1, -0.05) is 12.1 Å². The number of hydrogen-bond donors (Lipinski definition) is 2. The van der Waals surface area contributed by atoms with E-state index in [9.17, 15) is 0 Å². The first kappa shape index (κ1) is 13.3. The largest absolute Gasteiger partial charge is 0.395 e. The molecule has 0 spiro atoms. The van der Waals surface area contributed by atoms with Crippen LogP contribution in [0.4, 0.5) is 0 Å². The summed E-state index contributed by atoms with van der Waals surface area (Å²) < 4.78 is 2.22. The number of thiazole rings is 1. The van der Waals surface area contributed by atoms with Crippen molar-refractivity contribution in [1.82, 2.24) is 14.9 Å². The molecule has 3 aromatic rings. The molecule has 2 heterocycles. The lowest BCUT2D eigenvalue weighted by molar-refractivity contribution is 0.292. The van der Waals surface area contributed by atoms with Crippen LogP contribution in [0.5, 0.6) is 0 Å². The Labute approximate surface area is 121 Å². The van der Waals surface area contributed by atoms with Gasteiger partial charge in [0, 0.05) is 35.6 Å². The highest BCUT2D eigenvalue weighted by atomic mass is 32.1. The van der Waals surface area contributed by atoms with Crippen molar-refractivity contribution in [1.29, 1.82) is 0 Å². The Morgan fingerprint density at radius 2 is 2.25 bits per heavy atom. The van der Waals surface area contributed by atoms with E-state index in [1.54, 1.807) is 11.3 Å². The molecular formula is C15H17N3OS. The molecule has 0 unspecified atom stereocenters. The van der Waals surface area contributed by atoms with Crippen LogP contribution in [0.3, 0.4) is 0 Å². The van der Waals surface area contributed by atoms with Crippen LogP contribution in [0.2, 0.25) is 0 Å². The molecular weight excluding hydrogens is 270 g/mol. The van der Waals surface area contributed by atoms with Gasteiger partial charge >= 0.3 is 0 Å². The quantitative estimate of drug-likeness (QED) is 0.684. The number of nitrogens with one attached hydrogen (secondary N) is 1. The summed E-state index contributed by atoms with van der Waals surface area (Å²) in [6, 6.07) is 8.49. The minimum atomic E-state index is 0.167. The van der Waals surface area contributed by atoms with Gasteiger partial charge in [0.15, 0.2) is 0 Å². The maximum atomic E-state index is 8.83. The van der Waals surface area contributed by atoms with Gasteiger partial charge in [0.25, 0.3) is 0 Å². The van der Waals surface area contributed by atoms with Crippen LogP contribution in [-0.4, -0.2) is 27.8 Å². The predicted octanol–water partition coefficient (Wildman–Crippen LogP) is 2.23. The van der Waals surface area contributed by atoms with Crippen molar-refractivity contribution in [3.8, 4) is 0 Å². The summed E-state index contributed by atoms with van der Waals surface area (Å²) in [7, 11) is 0. The number of rotatable bonds is 6. The fourth-order valence-corrected chi connectivity index (χ4v) is 2.92. The van der Waals surface area contributed by atoms with Gasteiger partial charge in [-0.25, -0.2) is 4.98 Å². The molecule has 2 N–H and O–H groups in total. The van der Waals surface area contributed by atoms with Gasteiger partial charge < -0.3 is 15.0 Å². The minimum absolute atomic E-state index is 0.167. The van der Waals surface area contributed by atoms with Crippen molar-refractivity contribution < 1.29 is 5.11 Å². The Balaban J connectivity index is 1.87. The van der Waals surface area contributed by atoms with Gasteiger partial charge in [-0.2, -0.15) is 0 Å². The monoisotopic (exact) mass is 287 g/mol. The van der Waals surface area contributed by atoms with Crippen LogP contribution in [0, 0.1) is 0 Å². The zero-order chi connectivity index (χ0) is 13.8. The smallest absolute Gasteiger partial charge is 0.0795 e. The van der Waals surface area contributed by atoms with E-state index in [-0.39, 0.29) is 6.61 Å². The second kappa shape index (κ2) is 6.17. The molecule has 0 radical (unpaired) electrons. The van der Waals surface area contributed by atoms with Crippen molar-refractivity contribution in [2.24, 2.45) is 0 Å². The second-order valence-electron chi connectivity index (χ2n) is 4.67. The summed E-state index contributed by atoms with van der Waals surface area (Å²) in [6.07, 6.45) is 2.11. The Kier molecular flexibility index (Phi) is 4.11. The molecule has 0 aliphatic carbocycles. The minimum Gasteiger partial charge on any atom is -0.395 e. The number of hydrogen-bond acceptors (Lipinski definition) is 4. The SMILES string of the molecule is OCCNCc1cccc2c1ccn2Cc1cscn1. The lowest BCUT2D eigenvalue weighted by Crippen LogP contribution is -2.17. The van der Waals surface area contributed by atoms with Gasteiger partial charge in [-0.15, -0.1) is 11.3 Å². The van der Waals surface area contributed by atoms with Crippen LogP contribution in [0.25, 0.3) is 10.9 Å². The molecule has 0 aliphatic rings. The van der Waals surface area contributed by atoms with Gasteiger partial charge in [0.1, 0.15) is 0 Å². The highest BCUT2D eigenvalue weighted by Crippen LogP contribution is 2.21. The van der Waals surface area contributed by atoms with E-state index in [1.807, 2.05) is 5.51 Å². The maximum Gasteiger partial charge on any atom is 0.0795 e. The van der Waals surface area contributed by atoms with Crippen molar-refractivity contribution in [2.75, 3.05) is 13.2 Å². The standard InChI is InChI=1S/C15H17N3OS/c19-7-5-16-8-12-2-1-3-15-14(12)4-6-18(15)9-13-10-20-11-17-13/h1-4,6,10-11,16,19H,5,7-9H2. The molecule has 5 heteroatoms. The zero-order valence-electron chi connectivity index (χ0n) is 11.1. The fourth-order valence-electron chi connectivity index (χ4n) is 2.37. The van der Waals surface area contributed by atoms with Crippen LogP contribution >= 0.6 is 11.3 Å². The molecule has 20 heavy (non-hydrogen) atoms. The van der Waals surface area contributed by atoms with Gasteiger partial charge in [0.05, 0.1) is 24.4 Å². The molecule has 4 nitrogen and oxygen atoms in total. The average Bonchev–Trinajstić information content (AvgIpc) is 3.11. The van der Waals surface area contributed by atoms with Crippen LogP contribution < -0.4 is 5.32 Å². The van der Waals surface area contributed by atoms with Gasteiger partial charge in [0.2, 0.25) is 0 Å². The summed E-state index contributed by atoms with van der Waals surface area (Å²) in [5.74, 6) is 0. The number of aliphatic hydroxyl groups excluding tert-OH is 1. The normalized spacial score (nSPS) is 11.2. The molecule has 0 amide bonds. The van der Waals surface area contributed by atoms with E-state index >= 15 is 0 Å². The van der Waals surface area contributed by atoms with Crippen LogP contribution in [-0.2, 0) is 13.1 Å². The average molecular weight is 287 g/mol. The zero-order valence-corrected chi connectivity index (χ0v) is 11.9. The number of fused-ring (bicyclic) bond motifs is 1. The summed E-state index contributed by atoms with van der Waals surface area (Å²) in [5.41, 5.74) is 5.44. The van der Waals surface area contributed by atoms with Crippen LogP contribution in [0.15, 0.2) is 41.4 Å². The molecule has 0 atom stereocenters. The first-order valence-electron chi connectivity index (χ1n) is 6.64. The van der Waals surface area contributed by atoms with E-state index in [0.29, 0.717) is 6.54 Å². The highest BCUT2D eigenvalue weighted by Gasteiger charge is 2.06. The van der Waals surface area contributed by atoms with E-state index in [0.717, 1.165) is 18.8 Å². The second-order valence-corrected chi connectivity index (χ2v) is 5.39. The number of aromatic nitrogens is 2. The van der Waals surface area contributed by atoms with Crippen molar-refractivity contribution in [2.45, 2.75) is 13.1 Å². The first-order chi connectivity index (χ1) is 9.88. The lowest BCUT2D eigenvalue weighted by atomic mass is 10.1. The van der Waals surface area contributed by atoms with Gasteiger partial charge in [-0.05, 0) is 17.7 Å². The number of aliphatic hydroxyl groups is 1. The molecule has 0 fully saturated rings. The Morgan fingerprint density at radius 3 is 3.05 bits per heavy atom. The Bertz CT molecular complexity index is 676. The predicted molar refractivity (Wildman–Crippen MR) is 81.9 cm³/mol. The Hall–Kier alpha value is -1.69. The number of nitrogens with zero attached hydrogens (tertiary/aromatic N) is 2. The first-order valence-corrected chi connectivity index (χ1v) is 7.58. The topological polar surface area (TPSA) is 50.1 Å². The van der Waals surface area contributed by atoms with Crippen molar-refractivity contribution in [3.05, 3.63) is 52.6 Å². The van der Waals surface area contributed by atoms with E-state index < -0.39 is 0 Å². The summed E-state index contributed by atoms with van der Waals surface area (Å²) in [5, 5.41) is 15.4. The highest BCUT2D eigenvalue weighted by molar-refractivity contribution is 7.07. The molecule has 1 aromatic carbocycles. The molecule has 0 bridgehead atoms. The van der Waals surface area contributed by atoms with Crippen LogP contribution in [0.1, 0.15) is 11.3 Å². The third-order valence-electron chi connectivity index (χ3n) is 3.32. The maximum absolute atomic E-state index is 8.83. The number of benzene rings is 1. The molecule has 0 aliphatic heterocycles. The van der Waals surface area contributed by atoms with Gasteiger partial charge in [-0.3, -0.25) is 0 Å². The molecule has 0 saturated carbocycles. The van der Waals surface area contributed by atoms with E-state index in [2.05, 4.69) is 50.7 Å². The summed E-state index contributed by atoms with van der Waals surface area (Å²) in [4.78, 5) is 4.34. The summed E-state index contributed by atoms with van der Waals surface area (Å²) in [6.45, 7) is 2.37. The van der Waals surface area contributed by atoms with Crippen molar-refractivity contribution >= 4 is 22.2 Å². The van der Waals surface area contributed by atoms with E-state index in [4.69, 9.17) is 5.11 Å². The fraction of sp³-hybridized carbons (Fsp3) is 0.267. The molecule has 3 rings (SSSR count). The Morgan fingerprint density at radius 1 is 1.30 bits per heavy atom. The third kappa shape index (κ3) is 2.75. The lowest BCUT2D eigenvalue weighted by Gasteiger charge is -2.07. The molecule has 104 valence electrons. The molecule has 2 aromatic heterocycles.